The van der Waals surface area contributed by atoms with Crippen molar-refractivity contribution in [1.29, 1.82) is 0 Å². The number of nitrogens with one attached hydrogen (secondary N) is 1. The van der Waals surface area contributed by atoms with Gasteiger partial charge in [0, 0.05) is 31.9 Å². The third-order valence-electron chi connectivity index (χ3n) is 6.94. The lowest BCUT2D eigenvalue weighted by Gasteiger charge is -2.49. The summed E-state index contributed by atoms with van der Waals surface area (Å²) in [6, 6.07) is 14.6. The van der Waals surface area contributed by atoms with Gasteiger partial charge in [0.05, 0.1) is 31.0 Å². The summed E-state index contributed by atoms with van der Waals surface area (Å²) in [5.41, 5.74) is 2.28. The second kappa shape index (κ2) is 9.89. The maximum Gasteiger partial charge on any atom is 0.225 e. The number of piperidine rings is 3. The van der Waals surface area contributed by atoms with Gasteiger partial charge < -0.3 is 9.73 Å². The SMILES string of the molecule is CN(Cc1ccccc1)Cc1cn(CC2CC3CCN2CC3C(=O)NCc2ccco2)nn1. The highest BCUT2D eigenvalue weighted by atomic mass is 16.3. The molecule has 8 nitrogen and oxygen atoms in total. The van der Waals surface area contributed by atoms with Gasteiger partial charge in [-0.05, 0) is 50.0 Å². The van der Waals surface area contributed by atoms with Gasteiger partial charge in [-0.1, -0.05) is 35.5 Å². The zero-order valence-corrected chi connectivity index (χ0v) is 19.1. The standard InChI is InChI=1S/C25H32N6O2/c1-29(14-19-6-3-2-4-7-19)15-21-16-31(28-27-21)17-22-12-20-9-10-30(22)18-24(20)25(32)26-13-23-8-5-11-33-23/h2-8,11,16,20,22,24H,9-10,12-15,17-18H2,1H3,(H,26,32). The Morgan fingerprint density at radius 1 is 1.21 bits per heavy atom. The van der Waals surface area contributed by atoms with Crippen molar-refractivity contribution in [2.45, 2.75) is 45.1 Å². The van der Waals surface area contributed by atoms with Crippen LogP contribution in [-0.4, -0.2) is 56.9 Å². The minimum absolute atomic E-state index is 0.0582. The fourth-order valence-corrected chi connectivity index (χ4v) is 5.29. The fourth-order valence-electron chi connectivity index (χ4n) is 5.29. The Bertz CT molecular complexity index is 1030. The quantitative estimate of drug-likeness (QED) is 0.542. The molecule has 2 bridgehead atoms. The van der Waals surface area contributed by atoms with E-state index in [1.807, 2.05) is 22.9 Å². The molecule has 6 rings (SSSR count). The van der Waals surface area contributed by atoms with Gasteiger partial charge in [-0.15, -0.1) is 5.10 Å². The Labute approximate surface area is 194 Å². The summed E-state index contributed by atoms with van der Waals surface area (Å²) < 4.78 is 7.30. The highest BCUT2D eigenvalue weighted by molar-refractivity contribution is 5.79. The Morgan fingerprint density at radius 3 is 2.85 bits per heavy atom. The number of hydrogen-bond acceptors (Lipinski definition) is 6. The molecule has 3 saturated heterocycles. The largest absolute Gasteiger partial charge is 0.467 e. The van der Waals surface area contributed by atoms with E-state index in [1.54, 1.807) is 6.26 Å². The van der Waals surface area contributed by atoms with Crippen molar-refractivity contribution in [3.63, 3.8) is 0 Å². The third kappa shape index (κ3) is 5.34. The van der Waals surface area contributed by atoms with E-state index in [1.165, 1.54) is 5.56 Å². The second-order valence-corrected chi connectivity index (χ2v) is 9.43. The summed E-state index contributed by atoms with van der Waals surface area (Å²) in [4.78, 5) is 17.5. The topological polar surface area (TPSA) is 79.4 Å². The molecule has 1 aromatic carbocycles. The average Bonchev–Trinajstić information content (AvgIpc) is 3.51. The normalized spacial score (nSPS) is 24.3. The molecule has 0 spiro atoms. The molecule has 4 atom stereocenters. The summed E-state index contributed by atoms with van der Waals surface area (Å²) >= 11 is 0. The maximum atomic E-state index is 12.8. The lowest BCUT2D eigenvalue weighted by molar-refractivity contribution is -0.133. The van der Waals surface area contributed by atoms with Gasteiger partial charge in [0.15, 0.2) is 0 Å². The molecule has 3 aromatic rings. The molecule has 4 unspecified atom stereocenters. The summed E-state index contributed by atoms with van der Waals surface area (Å²) in [5.74, 6) is 1.42. The van der Waals surface area contributed by atoms with E-state index >= 15 is 0 Å². The number of furan rings is 1. The zero-order valence-electron chi connectivity index (χ0n) is 19.1. The molecule has 0 saturated carbocycles. The molecule has 3 fully saturated rings. The van der Waals surface area contributed by atoms with Gasteiger partial charge in [-0.25, -0.2) is 0 Å². The van der Waals surface area contributed by atoms with Crippen LogP contribution in [0.3, 0.4) is 0 Å². The van der Waals surface area contributed by atoms with Crippen molar-refractivity contribution in [1.82, 2.24) is 30.1 Å². The minimum Gasteiger partial charge on any atom is -0.467 e. The molecule has 3 aliphatic heterocycles. The Morgan fingerprint density at radius 2 is 2.09 bits per heavy atom. The molecule has 8 heteroatoms. The van der Waals surface area contributed by atoms with Crippen LogP contribution in [0.15, 0.2) is 59.3 Å². The first kappa shape index (κ1) is 21.9. The van der Waals surface area contributed by atoms with Gasteiger partial charge >= 0.3 is 0 Å². The molecule has 2 aromatic heterocycles. The molecule has 1 N–H and O–H groups in total. The van der Waals surface area contributed by atoms with Crippen LogP contribution in [0.25, 0.3) is 0 Å². The number of rotatable bonds is 9. The van der Waals surface area contributed by atoms with Crippen molar-refractivity contribution in [3.05, 3.63) is 71.9 Å². The van der Waals surface area contributed by atoms with Gasteiger partial charge in [0.2, 0.25) is 5.91 Å². The molecule has 0 radical (unpaired) electrons. The first-order chi connectivity index (χ1) is 16.1. The van der Waals surface area contributed by atoms with Crippen LogP contribution in [0.2, 0.25) is 0 Å². The van der Waals surface area contributed by atoms with Crippen LogP contribution < -0.4 is 5.32 Å². The monoisotopic (exact) mass is 448 g/mol. The summed E-state index contributed by atoms with van der Waals surface area (Å²) in [7, 11) is 2.11. The molecule has 3 aliphatic rings. The van der Waals surface area contributed by atoms with Crippen LogP contribution >= 0.6 is 0 Å². The van der Waals surface area contributed by atoms with E-state index in [0.717, 1.165) is 57.0 Å². The Kier molecular flexibility index (Phi) is 6.55. The van der Waals surface area contributed by atoms with E-state index in [0.29, 0.717) is 18.5 Å². The molecule has 1 amide bonds. The number of aromatic nitrogens is 3. The van der Waals surface area contributed by atoms with Gasteiger partial charge in [-0.3, -0.25) is 19.3 Å². The van der Waals surface area contributed by atoms with Crippen molar-refractivity contribution < 1.29 is 9.21 Å². The minimum atomic E-state index is 0.0582. The zero-order chi connectivity index (χ0) is 22.6. The Balaban J connectivity index is 1.12. The predicted octanol–water partition coefficient (Wildman–Crippen LogP) is 2.53. The average molecular weight is 449 g/mol. The lowest BCUT2D eigenvalue weighted by Crippen LogP contribution is -2.57. The van der Waals surface area contributed by atoms with Gasteiger partial charge in [-0.2, -0.15) is 0 Å². The first-order valence-corrected chi connectivity index (χ1v) is 11.8. The van der Waals surface area contributed by atoms with E-state index < -0.39 is 0 Å². The Hall–Kier alpha value is -2.97. The van der Waals surface area contributed by atoms with Crippen LogP contribution in [0.4, 0.5) is 0 Å². The van der Waals surface area contributed by atoms with Crippen LogP contribution in [0.5, 0.6) is 0 Å². The van der Waals surface area contributed by atoms with E-state index in [9.17, 15) is 4.79 Å². The molecule has 5 heterocycles. The summed E-state index contributed by atoms with van der Waals surface area (Å²) in [6.45, 7) is 4.81. The number of hydrogen-bond donors (Lipinski definition) is 1. The van der Waals surface area contributed by atoms with Crippen LogP contribution in [0.1, 0.15) is 29.9 Å². The maximum absolute atomic E-state index is 12.8. The number of carbonyl (C=O) groups excluding carboxylic acids is 1. The second-order valence-electron chi connectivity index (χ2n) is 9.43. The lowest BCUT2D eigenvalue weighted by atomic mass is 9.75. The molecular weight excluding hydrogens is 416 g/mol. The van der Waals surface area contributed by atoms with Crippen molar-refractivity contribution >= 4 is 5.91 Å². The molecule has 33 heavy (non-hydrogen) atoms. The van der Waals surface area contributed by atoms with Gasteiger partial charge in [0.25, 0.3) is 0 Å². The van der Waals surface area contributed by atoms with E-state index in [4.69, 9.17) is 4.42 Å². The summed E-state index contributed by atoms with van der Waals surface area (Å²) in [6.07, 6.45) is 5.82. The van der Waals surface area contributed by atoms with Crippen molar-refractivity contribution in [2.24, 2.45) is 11.8 Å². The number of benzene rings is 1. The van der Waals surface area contributed by atoms with E-state index in [2.05, 4.69) is 62.9 Å². The molecule has 174 valence electrons. The fraction of sp³-hybridized carbons (Fsp3) is 0.480. The van der Waals surface area contributed by atoms with Crippen LogP contribution in [0, 0.1) is 11.8 Å². The van der Waals surface area contributed by atoms with E-state index in [-0.39, 0.29) is 11.8 Å². The highest BCUT2D eigenvalue weighted by Gasteiger charge is 2.43. The number of fused-ring (bicyclic) bond motifs is 3. The smallest absolute Gasteiger partial charge is 0.225 e. The van der Waals surface area contributed by atoms with Crippen LogP contribution in [-0.2, 0) is 31.0 Å². The molecular formula is C25H32N6O2. The van der Waals surface area contributed by atoms with Crippen molar-refractivity contribution in [2.75, 3.05) is 20.1 Å². The number of amides is 1. The van der Waals surface area contributed by atoms with Gasteiger partial charge in [0.1, 0.15) is 5.76 Å². The first-order valence-electron chi connectivity index (χ1n) is 11.8. The number of carbonyl (C=O) groups is 1. The predicted molar refractivity (Wildman–Crippen MR) is 124 cm³/mol. The third-order valence-corrected chi connectivity index (χ3v) is 6.94. The summed E-state index contributed by atoms with van der Waals surface area (Å²) in [5, 5.41) is 11.8. The van der Waals surface area contributed by atoms with Crippen molar-refractivity contribution in [3.8, 4) is 0 Å². The molecule has 0 aliphatic carbocycles. The highest BCUT2D eigenvalue weighted by Crippen LogP contribution is 2.37. The number of nitrogens with zero attached hydrogens (tertiary/aromatic N) is 5.